The van der Waals surface area contributed by atoms with Crippen LogP contribution >= 0.6 is 0 Å². The maximum absolute atomic E-state index is 12.1. The number of benzene rings is 2. The molecule has 0 aliphatic rings. The molecule has 0 amide bonds. The molecule has 0 bridgehead atoms. The quantitative estimate of drug-likeness (QED) is 0.466. The summed E-state index contributed by atoms with van der Waals surface area (Å²) in [6.07, 6.45) is 4.57. The number of hydrogen-bond donors (Lipinski definition) is 1. The number of pyridine rings is 1. The minimum atomic E-state index is -0.241. The molecule has 6 nitrogen and oxygen atoms in total. The Balaban J connectivity index is 1.71. The summed E-state index contributed by atoms with van der Waals surface area (Å²) in [5.41, 5.74) is 4.10. The lowest BCUT2D eigenvalue weighted by Crippen LogP contribution is -2.08. The highest BCUT2D eigenvalue weighted by Crippen LogP contribution is 2.29. The first-order valence-corrected chi connectivity index (χ1v) is 9.57. The van der Waals surface area contributed by atoms with Crippen molar-refractivity contribution in [1.29, 1.82) is 5.26 Å². The maximum Gasteiger partial charge on any atom is 0.178 e. The van der Waals surface area contributed by atoms with Gasteiger partial charge in [-0.2, -0.15) is 5.26 Å². The molecule has 1 atom stereocenters. The molecule has 0 saturated carbocycles. The molecule has 2 heterocycles. The van der Waals surface area contributed by atoms with Gasteiger partial charge in [0.05, 0.1) is 18.0 Å². The topological polar surface area (TPSA) is 91.6 Å². The van der Waals surface area contributed by atoms with Gasteiger partial charge in [0.2, 0.25) is 0 Å². The third kappa shape index (κ3) is 4.01. The summed E-state index contributed by atoms with van der Waals surface area (Å²) >= 11 is 0. The van der Waals surface area contributed by atoms with E-state index in [0.717, 1.165) is 33.4 Å². The molecule has 1 N–H and O–H groups in total. The van der Waals surface area contributed by atoms with Gasteiger partial charge in [0.15, 0.2) is 5.78 Å². The van der Waals surface area contributed by atoms with Gasteiger partial charge in [-0.25, -0.2) is 9.97 Å². The van der Waals surface area contributed by atoms with Crippen LogP contribution < -0.4 is 5.32 Å². The van der Waals surface area contributed by atoms with Crippen LogP contribution in [0.5, 0.6) is 0 Å². The van der Waals surface area contributed by atoms with Crippen LogP contribution in [-0.4, -0.2) is 20.7 Å². The highest BCUT2D eigenvalue weighted by atomic mass is 16.1. The van der Waals surface area contributed by atoms with E-state index >= 15 is 0 Å². The van der Waals surface area contributed by atoms with E-state index in [9.17, 15) is 4.79 Å². The smallest absolute Gasteiger partial charge is 0.178 e. The van der Waals surface area contributed by atoms with Gasteiger partial charge in [-0.1, -0.05) is 36.4 Å². The average Bonchev–Trinajstić information content (AvgIpc) is 2.80. The van der Waals surface area contributed by atoms with Crippen molar-refractivity contribution >= 4 is 22.5 Å². The van der Waals surface area contributed by atoms with Gasteiger partial charge in [-0.3, -0.25) is 9.78 Å². The predicted molar refractivity (Wildman–Crippen MR) is 116 cm³/mol. The van der Waals surface area contributed by atoms with Crippen LogP contribution in [0, 0.1) is 11.3 Å². The average molecular weight is 393 g/mol. The first-order chi connectivity index (χ1) is 14.7. The Morgan fingerprint density at radius 2 is 1.90 bits per heavy atom. The van der Waals surface area contributed by atoms with Gasteiger partial charge >= 0.3 is 0 Å². The lowest BCUT2D eigenvalue weighted by Gasteiger charge is -2.16. The third-order valence-electron chi connectivity index (χ3n) is 4.92. The SMILES string of the molecule is C[C@@H](Nc1ncnc2ccc(-c3cncc(C(=O)CC#N)c3)cc12)c1ccccc1. The lowest BCUT2D eigenvalue weighted by molar-refractivity contribution is 0.0997. The largest absolute Gasteiger partial charge is 0.363 e. The van der Waals surface area contributed by atoms with E-state index in [-0.39, 0.29) is 18.2 Å². The van der Waals surface area contributed by atoms with E-state index in [2.05, 4.69) is 39.3 Å². The summed E-state index contributed by atoms with van der Waals surface area (Å²) < 4.78 is 0. The molecule has 2 aromatic carbocycles. The van der Waals surface area contributed by atoms with Crippen molar-refractivity contribution in [3.8, 4) is 17.2 Å². The molecule has 0 radical (unpaired) electrons. The fourth-order valence-electron chi connectivity index (χ4n) is 3.31. The molecule has 0 fully saturated rings. The van der Waals surface area contributed by atoms with Crippen molar-refractivity contribution in [2.24, 2.45) is 0 Å². The molecular formula is C24H19N5O. The Morgan fingerprint density at radius 3 is 2.70 bits per heavy atom. The number of hydrogen-bond acceptors (Lipinski definition) is 6. The van der Waals surface area contributed by atoms with E-state index in [1.807, 2.05) is 42.5 Å². The second-order valence-corrected chi connectivity index (χ2v) is 6.95. The van der Waals surface area contributed by atoms with Gasteiger partial charge in [-0.15, -0.1) is 0 Å². The summed E-state index contributed by atoms with van der Waals surface area (Å²) in [6.45, 7) is 2.08. The zero-order valence-electron chi connectivity index (χ0n) is 16.4. The number of carbonyl (C=O) groups excluding carboxylic acids is 1. The first kappa shape index (κ1) is 19.2. The first-order valence-electron chi connectivity index (χ1n) is 9.57. The van der Waals surface area contributed by atoms with Gasteiger partial charge in [0.1, 0.15) is 12.1 Å². The zero-order chi connectivity index (χ0) is 20.9. The van der Waals surface area contributed by atoms with E-state index in [4.69, 9.17) is 5.26 Å². The third-order valence-corrected chi connectivity index (χ3v) is 4.92. The van der Waals surface area contributed by atoms with Crippen LogP contribution in [0.25, 0.3) is 22.0 Å². The molecule has 0 aliphatic carbocycles. The molecule has 0 aliphatic heterocycles. The summed E-state index contributed by atoms with van der Waals surface area (Å²) in [4.78, 5) is 25.1. The highest BCUT2D eigenvalue weighted by molar-refractivity contribution is 5.98. The number of nitriles is 1. The van der Waals surface area contributed by atoms with Crippen molar-refractivity contribution in [3.05, 3.63) is 84.4 Å². The van der Waals surface area contributed by atoms with Crippen molar-refractivity contribution < 1.29 is 4.79 Å². The minimum absolute atomic E-state index is 0.0709. The van der Waals surface area contributed by atoms with Crippen LogP contribution in [0.3, 0.4) is 0 Å². The molecule has 0 saturated heterocycles. The van der Waals surface area contributed by atoms with Crippen molar-refractivity contribution in [3.63, 3.8) is 0 Å². The lowest BCUT2D eigenvalue weighted by atomic mass is 10.0. The second-order valence-electron chi connectivity index (χ2n) is 6.95. The second kappa shape index (κ2) is 8.50. The highest BCUT2D eigenvalue weighted by Gasteiger charge is 2.12. The monoisotopic (exact) mass is 393 g/mol. The van der Waals surface area contributed by atoms with E-state index in [1.165, 1.54) is 6.20 Å². The predicted octanol–water partition coefficient (Wildman–Crippen LogP) is 4.96. The van der Waals surface area contributed by atoms with Crippen molar-refractivity contribution in [2.45, 2.75) is 19.4 Å². The van der Waals surface area contributed by atoms with Crippen LogP contribution in [0.1, 0.15) is 35.3 Å². The molecule has 2 aromatic heterocycles. The van der Waals surface area contributed by atoms with E-state index in [0.29, 0.717) is 5.56 Å². The van der Waals surface area contributed by atoms with Gasteiger partial charge in [0.25, 0.3) is 0 Å². The zero-order valence-corrected chi connectivity index (χ0v) is 16.4. The Labute approximate surface area is 174 Å². The van der Waals surface area contributed by atoms with Crippen LogP contribution in [0.4, 0.5) is 5.82 Å². The number of ketones is 1. The van der Waals surface area contributed by atoms with Crippen LogP contribution in [0.15, 0.2) is 73.3 Å². The number of Topliss-reactive ketones (excluding diaryl/α,β-unsaturated/α-hetero) is 1. The minimum Gasteiger partial charge on any atom is -0.363 e. The molecule has 30 heavy (non-hydrogen) atoms. The standard InChI is InChI=1S/C24H19N5O/c1-16(17-5-3-2-4-6-17)29-24-21-12-18(7-8-22(21)27-15-28-24)19-11-20(14-26-13-19)23(30)9-10-25/h2-8,11-16H,9H2,1H3,(H,27,28,29)/t16-/m1/s1. The number of fused-ring (bicyclic) bond motifs is 1. The molecule has 6 heteroatoms. The van der Waals surface area contributed by atoms with Crippen LogP contribution in [-0.2, 0) is 0 Å². The summed E-state index contributed by atoms with van der Waals surface area (Å²) in [7, 11) is 0. The van der Waals surface area contributed by atoms with Gasteiger partial charge in [0, 0.05) is 34.9 Å². The molecule has 0 unspecified atom stereocenters. The number of anilines is 1. The number of carbonyl (C=O) groups is 1. The number of aromatic nitrogens is 3. The fourth-order valence-corrected chi connectivity index (χ4v) is 3.31. The molecule has 4 aromatic rings. The number of nitrogens with zero attached hydrogens (tertiary/aromatic N) is 4. The van der Waals surface area contributed by atoms with Gasteiger partial charge < -0.3 is 5.32 Å². The van der Waals surface area contributed by atoms with Crippen molar-refractivity contribution in [1.82, 2.24) is 15.0 Å². The van der Waals surface area contributed by atoms with Crippen molar-refractivity contribution in [2.75, 3.05) is 5.32 Å². The Kier molecular flexibility index (Phi) is 5.44. The summed E-state index contributed by atoms with van der Waals surface area (Å²) in [5, 5.41) is 13.1. The normalized spacial score (nSPS) is 11.6. The Bertz CT molecular complexity index is 1250. The molecule has 4 rings (SSSR count). The van der Waals surface area contributed by atoms with E-state index < -0.39 is 0 Å². The molecule has 0 spiro atoms. The Hall–Kier alpha value is -4.11. The maximum atomic E-state index is 12.1. The molecule has 146 valence electrons. The number of rotatable bonds is 6. The van der Waals surface area contributed by atoms with E-state index in [1.54, 1.807) is 18.6 Å². The summed E-state index contributed by atoms with van der Waals surface area (Å²) in [6, 6.07) is 19.7. The summed E-state index contributed by atoms with van der Waals surface area (Å²) in [5.74, 6) is 0.498. The number of nitrogens with one attached hydrogen (secondary N) is 1. The van der Waals surface area contributed by atoms with Crippen LogP contribution in [0.2, 0.25) is 0 Å². The fraction of sp³-hybridized carbons (Fsp3) is 0.125. The molecular weight excluding hydrogens is 374 g/mol. The Morgan fingerprint density at radius 1 is 1.07 bits per heavy atom. The van der Waals surface area contributed by atoms with Gasteiger partial charge in [-0.05, 0) is 36.2 Å².